The topological polar surface area (TPSA) is 44.8 Å². The first kappa shape index (κ1) is 12.4. The van der Waals surface area contributed by atoms with Crippen LogP contribution in [0.2, 0.25) is 0 Å². The number of ether oxygens (including phenoxy) is 3. The van der Waals surface area contributed by atoms with Gasteiger partial charge in [-0.3, -0.25) is 4.79 Å². The Morgan fingerprint density at radius 3 is 2.44 bits per heavy atom. The summed E-state index contributed by atoms with van der Waals surface area (Å²) in [6.45, 7) is 2.02. The molecule has 0 fully saturated rings. The molecule has 0 aliphatic carbocycles. The summed E-state index contributed by atoms with van der Waals surface area (Å²) in [6, 6.07) is 7.30. The number of methoxy groups -OCH3 is 2. The van der Waals surface area contributed by atoms with Crippen LogP contribution >= 0.6 is 0 Å². The third-order valence-electron chi connectivity index (χ3n) is 2.16. The average Bonchev–Trinajstić information content (AvgIpc) is 2.35. The van der Waals surface area contributed by atoms with E-state index in [4.69, 9.17) is 9.47 Å². The standard InChI is InChI=1S/C12H16O4/c1-9(12(13)15-3)8-16-11-7-5-4-6-10(11)14-2/h4-7,9H,8H2,1-3H3. The van der Waals surface area contributed by atoms with Gasteiger partial charge >= 0.3 is 5.97 Å². The van der Waals surface area contributed by atoms with Crippen LogP contribution in [0.15, 0.2) is 24.3 Å². The fraction of sp³-hybridized carbons (Fsp3) is 0.417. The first-order valence-corrected chi connectivity index (χ1v) is 5.02. The summed E-state index contributed by atoms with van der Waals surface area (Å²) in [5.74, 6) is 0.699. The van der Waals surface area contributed by atoms with E-state index in [-0.39, 0.29) is 18.5 Å². The molecule has 0 saturated carbocycles. The molecule has 4 nitrogen and oxygen atoms in total. The molecule has 0 aromatic heterocycles. The van der Waals surface area contributed by atoms with Crippen molar-refractivity contribution in [3.8, 4) is 11.5 Å². The van der Waals surface area contributed by atoms with Crippen molar-refractivity contribution in [1.82, 2.24) is 0 Å². The van der Waals surface area contributed by atoms with Crippen molar-refractivity contribution in [3.05, 3.63) is 24.3 Å². The van der Waals surface area contributed by atoms with Gasteiger partial charge in [-0.2, -0.15) is 0 Å². The molecule has 0 saturated heterocycles. The van der Waals surface area contributed by atoms with Gasteiger partial charge in [0.25, 0.3) is 0 Å². The van der Waals surface area contributed by atoms with Crippen molar-refractivity contribution in [2.45, 2.75) is 6.92 Å². The minimum atomic E-state index is -0.296. The highest BCUT2D eigenvalue weighted by molar-refractivity contribution is 5.71. The Hall–Kier alpha value is -1.71. The smallest absolute Gasteiger partial charge is 0.311 e. The SMILES string of the molecule is COC(=O)C(C)COc1ccccc1OC. The largest absolute Gasteiger partial charge is 0.493 e. The van der Waals surface area contributed by atoms with Gasteiger partial charge in [-0.25, -0.2) is 0 Å². The van der Waals surface area contributed by atoms with Crippen LogP contribution in [0.25, 0.3) is 0 Å². The number of hydrogen-bond acceptors (Lipinski definition) is 4. The van der Waals surface area contributed by atoms with Crippen LogP contribution in [-0.2, 0) is 9.53 Å². The number of carbonyl (C=O) groups excluding carboxylic acids is 1. The van der Waals surface area contributed by atoms with E-state index in [0.717, 1.165) is 0 Å². The van der Waals surface area contributed by atoms with Crippen molar-refractivity contribution in [3.63, 3.8) is 0 Å². The van der Waals surface area contributed by atoms with E-state index in [1.54, 1.807) is 26.2 Å². The van der Waals surface area contributed by atoms with Gasteiger partial charge in [0.05, 0.1) is 20.1 Å². The maximum atomic E-state index is 11.2. The summed E-state index contributed by atoms with van der Waals surface area (Å²) < 4.78 is 15.2. The number of esters is 1. The zero-order chi connectivity index (χ0) is 12.0. The Labute approximate surface area is 95.1 Å². The molecule has 0 heterocycles. The van der Waals surface area contributed by atoms with Crippen molar-refractivity contribution in [2.24, 2.45) is 5.92 Å². The van der Waals surface area contributed by atoms with E-state index < -0.39 is 0 Å². The van der Waals surface area contributed by atoms with Gasteiger partial charge < -0.3 is 14.2 Å². The Morgan fingerprint density at radius 1 is 1.25 bits per heavy atom. The zero-order valence-corrected chi connectivity index (χ0v) is 9.73. The molecule has 0 N–H and O–H groups in total. The summed E-state index contributed by atoms with van der Waals surface area (Å²) >= 11 is 0. The van der Waals surface area contributed by atoms with Crippen LogP contribution in [0.3, 0.4) is 0 Å². The van der Waals surface area contributed by atoms with E-state index in [1.807, 2.05) is 12.1 Å². The van der Waals surface area contributed by atoms with Gasteiger partial charge in [0.2, 0.25) is 0 Å². The van der Waals surface area contributed by atoms with E-state index in [9.17, 15) is 4.79 Å². The highest BCUT2D eigenvalue weighted by Crippen LogP contribution is 2.26. The predicted molar refractivity (Wildman–Crippen MR) is 59.7 cm³/mol. The maximum absolute atomic E-state index is 11.2. The summed E-state index contributed by atoms with van der Waals surface area (Å²) in [7, 11) is 2.94. The summed E-state index contributed by atoms with van der Waals surface area (Å²) in [6.07, 6.45) is 0. The second kappa shape index (κ2) is 6.00. The van der Waals surface area contributed by atoms with Crippen LogP contribution in [0, 0.1) is 5.92 Å². The molecule has 0 bridgehead atoms. The first-order valence-electron chi connectivity index (χ1n) is 5.02. The van der Waals surface area contributed by atoms with Gasteiger partial charge in [-0.15, -0.1) is 0 Å². The molecule has 1 unspecified atom stereocenters. The minimum absolute atomic E-state index is 0.271. The van der Waals surface area contributed by atoms with E-state index >= 15 is 0 Å². The second-order valence-electron chi connectivity index (χ2n) is 3.39. The van der Waals surface area contributed by atoms with Crippen LogP contribution < -0.4 is 9.47 Å². The molecule has 0 radical (unpaired) electrons. The first-order chi connectivity index (χ1) is 7.69. The quantitative estimate of drug-likeness (QED) is 0.716. The molecule has 4 heteroatoms. The Balaban J connectivity index is 2.57. The van der Waals surface area contributed by atoms with Crippen molar-refractivity contribution >= 4 is 5.97 Å². The monoisotopic (exact) mass is 224 g/mol. The number of carbonyl (C=O) groups is 1. The predicted octanol–water partition coefficient (Wildman–Crippen LogP) is 1.88. The van der Waals surface area contributed by atoms with Crippen molar-refractivity contribution in [2.75, 3.05) is 20.8 Å². The maximum Gasteiger partial charge on any atom is 0.311 e. The summed E-state index contributed by atoms with van der Waals surface area (Å²) in [5.41, 5.74) is 0. The van der Waals surface area contributed by atoms with Gasteiger partial charge in [-0.05, 0) is 19.1 Å². The molecule has 0 aliphatic rings. The highest BCUT2D eigenvalue weighted by atomic mass is 16.5. The normalized spacial score (nSPS) is 11.7. The minimum Gasteiger partial charge on any atom is -0.493 e. The molecule has 88 valence electrons. The van der Waals surface area contributed by atoms with E-state index in [2.05, 4.69) is 4.74 Å². The number of benzene rings is 1. The molecule has 0 amide bonds. The third-order valence-corrected chi connectivity index (χ3v) is 2.16. The average molecular weight is 224 g/mol. The van der Waals surface area contributed by atoms with Gasteiger partial charge in [0, 0.05) is 0 Å². The van der Waals surface area contributed by atoms with Crippen molar-refractivity contribution < 1.29 is 19.0 Å². The Bertz CT molecular complexity index is 349. The van der Waals surface area contributed by atoms with Gasteiger partial charge in [-0.1, -0.05) is 12.1 Å². The number of hydrogen-bond donors (Lipinski definition) is 0. The highest BCUT2D eigenvalue weighted by Gasteiger charge is 2.14. The molecule has 1 aromatic rings. The molecule has 0 aliphatic heterocycles. The van der Waals surface area contributed by atoms with Gasteiger partial charge in [0.1, 0.15) is 6.61 Å². The molecular formula is C12H16O4. The fourth-order valence-corrected chi connectivity index (χ4v) is 1.22. The Morgan fingerprint density at radius 2 is 1.88 bits per heavy atom. The molecule has 1 atom stereocenters. The van der Waals surface area contributed by atoms with E-state index in [1.165, 1.54) is 7.11 Å². The lowest BCUT2D eigenvalue weighted by Gasteiger charge is -2.13. The molecule has 1 rings (SSSR count). The third kappa shape index (κ3) is 3.15. The van der Waals surface area contributed by atoms with Crippen molar-refractivity contribution in [1.29, 1.82) is 0 Å². The number of para-hydroxylation sites is 2. The fourth-order valence-electron chi connectivity index (χ4n) is 1.22. The summed E-state index contributed by atoms with van der Waals surface area (Å²) in [5, 5.41) is 0. The molecular weight excluding hydrogens is 208 g/mol. The van der Waals surface area contributed by atoms with Crippen LogP contribution in [0.4, 0.5) is 0 Å². The van der Waals surface area contributed by atoms with E-state index in [0.29, 0.717) is 11.5 Å². The lowest BCUT2D eigenvalue weighted by atomic mass is 10.2. The molecule has 0 spiro atoms. The van der Waals surface area contributed by atoms with Crippen LogP contribution in [0.1, 0.15) is 6.92 Å². The number of rotatable bonds is 5. The summed E-state index contributed by atoms with van der Waals surface area (Å²) in [4.78, 5) is 11.2. The lowest BCUT2D eigenvalue weighted by Crippen LogP contribution is -2.20. The molecule has 1 aromatic carbocycles. The van der Waals surface area contributed by atoms with Crippen LogP contribution in [0.5, 0.6) is 11.5 Å². The van der Waals surface area contributed by atoms with Gasteiger partial charge in [0.15, 0.2) is 11.5 Å². The molecule has 16 heavy (non-hydrogen) atoms. The Kier molecular flexibility index (Phi) is 4.64. The lowest BCUT2D eigenvalue weighted by molar-refractivity contribution is -0.145. The zero-order valence-electron chi connectivity index (χ0n) is 9.73. The van der Waals surface area contributed by atoms with Crippen LogP contribution in [-0.4, -0.2) is 26.8 Å². The second-order valence-corrected chi connectivity index (χ2v) is 3.39.